The summed E-state index contributed by atoms with van der Waals surface area (Å²) in [5.74, 6) is -21.6. The molecular weight excluding hydrogens is 698 g/mol. The van der Waals surface area contributed by atoms with Crippen LogP contribution in [-0.2, 0) is 10.8 Å². The van der Waals surface area contributed by atoms with E-state index in [2.05, 4.69) is 0 Å². The SMILES string of the molecule is CC1(C)c2cc(cc(-c3c(F)c(F)c(F)c(F)c3F)c2)-c2cccc(n2)C(C)(C)c2cccc(n2)-c2cc(-c3c(F)c(F)c(F)c(F)c3F)cc1c2. The normalized spacial score (nSPS) is 14.3. The van der Waals surface area contributed by atoms with E-state index >= 15 is 17.6 Å². The molecule has 264 valence electrons. The number of pyridine rings is 2. The van der Waals surface area contributed by atoms with Gasteiger partial charge in [-0.05, 0) is 84.6 Å². The minimum absolute atomic E-state index is 0.203. The number of halogens is 10. The van der Waals surface area contributed by atoms with E-state index in [4.69, 9.17) is 9.97 Å². The van der Waals surface area contributed by atoms with Crippen molar-refractivity contribution in [1.29, 1.82) is 0 Å². The van der Waals surface area contributed by atoms with E-state index in [-0.39, 0.29) is 33.6 Å². The molecule has 7 rings (SSSR count). The van der Waals surface area contributed by atoms with E-state index in [9.17, 15) is 26.3 Å². The molecule has 3 heterocycles. The maximum absolute atomic E-state index is 15.3. The molecule has 12 heteroatoms. The van der Waals surface area contributed by atoms with E-state index in [0.29, 0.717) is 11.4 Å². The van der Waals surface area contributed by atoms with Gasteiger partial charge in [0.25, 0.3) is 0 Å². The van der Waals surface area contributed by atoms with E-state index in [1.54, 1.807) is 62.4 Å². The summed E-state index contributed by atoms with van der Waals surface area (Å²) >= 11 is 0. The molecule has 0 amide bonds. The van der Waals surface area contributed by atoms with Crippen molar-refractivity contribution in [3.63, 3.8) is 0 Å². The van der Waals surface area contributed by atoms with E-state index in [1.807, 2.05) is 13.8 Å². The first kappa shape index (κ1) is 34.9. The Kier molecular flexibility index (Phi) is 8.08. The van der Waals surface area contributed by atoms with Gasteiger partial charge in [-0.25, -0.2) is 43.9 Å². The van der Waals surface area contributed by atoms with Crippen LogP contribution >= 0.6 is 0 Å². The molecule has 0 radical (unpaired) electrons. The first-order valence-electron chi connectivity index (χ1n) is 15.7. The molecule has 0 fully saturated rings. The summed E-state index contributed by atoms with van der Waals surface area (Å²) in [5, 5.41) is 0. The molecule has 0 N–H and O–H groups in total. The number of nitrogens with zero attached hydrogens (tertiary/aromatic N) is 2. The smallest absolute Gasteiger partial charge is 0.200 e. The Morgan fingerprint density at radius 2 is 0.673 bits per heavy atom. The molecule has 52 heavy (non-hydrogen) atoms. The van der Waals surface area contributed by atoms with Crippen LogP contribution in [0.15, 0.2) is 72.8 Å². The van der Waals surface area contributed by atoms with Gasteiger partial charge in [0.1, 0.15) is 0 Å². The van der Waals surface area contributed by atoms with Crippen LogP contribution in [0.2, 0.25) is 0 Å². The summed E-state index contributed by atoms with van der Waals surface area (Å²) in [4.78, 5) is 9.64. The lowest BCUT2D eigenvalue weighted by Gasteiger charge is -2.30. The summed E-state index contributed by atoms with van der Waals surface area (Å²) in [5.41, 5.74) is -3.22. The third-order valence-corrected chi connectivity index (χ3v) is 9.68. The Labute approximate surface area is 290 Å². The Balaban J connectivity index is 1.62. The highest BCUT2D eigenvalue weighted by molar-refractivity contribution is 5.77. The van der Waals surface area contributed by atoms with Gasteiger partial charge in [-0.1, -0.05) is 38.1 Å². The Morgan fingerprint density at radius 1 is 0.365 bits per heavy atom. The molecule has 6 aromatic rings. The molecule has 4 aromatic carbocycles. The Bertz CT molecular complexity index is 2260. The maximum atomic E-state index is 15.3. The van der Waals surface area contributed by atoms with Gasteiger partial charge in [0.05, 0.1) is 33.9 Å². The number of hydrogen-bond acceptors (Lipinski definition) is 2. The van der Waals surface area contributed by atoms with Crippen LogP contribution in [0.5, 0.6) is 0 Å². The van der Waals surface area contributed by atoms with Crippen LogP contribution in [0.25, 0.3) is 44.8 Å². The van der Waals surface area contributed by atoms with Crippen molar-refractivity contribution in [3.05, 3.63) is 153 Å². The van der Waals surface area contributed by atoms with Crippen LogP contribution < -0.4 is 0 Å². The molecular formula is C40H24F10N2. The van der Waals surface area contributed by atoms with Crippen molar-refractivity contribution < 1.29 is 43.9 Å². The highest BCUT2D eigenvalue weighted by Gasteiger charge is 2.33. The fourth-order valence-corrected chi connectivity index (χ4v) is 6.46. The second-order valence-corrected chi connectivity index (χ2v) is 13.6. The highest BCUT2D eigenvalue weighted by Crippen LogP contribution is 2.44. The zero-order valence-corrected chi connectivity index (χ0v) is 27.6. The third-order valence-electron chi connectivity index (χ3n) is 9.68. The van der Waals surface area contributed by atoms with Crippen molar-refractivity contribution in [1.82, 2.24) is 9.97 Å². The van der Waals surface area contributed by atoms with Gasteiger partial charge in [-0.2, -0.15) is 0 Å². The predicted octanol–water partition coefficient (Wildman–Crippen LogP) is 11.5. The number of aromatic nitrogens is 2. The van der Waals surface area contributed by atoms with Gasteiger partial charge in [-0.3, -0.25) is 9.97 Å². The average Bonchev–Trinajstić information content (AvgIpc) is 3.14. The van der Waals surface area contributed by atoms with E-state index < -0.39 is 91.3 Å². The first-order chi connectivity index (χ1) is 24.4. The van der Waals surface area contributed by atoms with Crippen LogP contribution in [0.1, 0.15) is 50.2 Å². The van der Waals surface area contributed by atoms with Gasteiger partial charge in [-0.15, -0.1) is 0 Å². The minimum atomic E-state index is -2.34. The Hall–Kier alpha value is -5.52. The molecule has 8 bridgehead atoms. The number of hydrogen-bond donors (Lipinski definition) is 0. The zero-order valence-electron chi connectivity index (χ0n) is 27.6. The summed E-state index contributed by atoms with van der Waals surface area (Å²) < 4.78 is 148. The number of benzene rings is 4. The van der Waals surface area contributed by atoms with Crippen molar-refractivity contribution in [2.75, 3.05) is 0 Å². The lowest BCUT2D eigenvalue weighted by Crippen LogP contribution is -2.23. The standard InChI is InChI=1S/C40H24F10N2/c1-39(2)21-13-17(11-19(15-21)27-29(41)33(45)37(49)34(46)30(27)42)23-7-5-9-25(51-23)40(3,4)26-10-6-8-24(52-26)18-12-20(16-22(39)14-18)28-31(43)35(47)38(50)36(48)32(28)44/h5-16H,1-4H3. The molecule has 0 saturated heterocycles. The maximum Gasteiger partial charge on any atom is 0.200 e. The molecule has 1 aliphatic rings. The van der Waals surface area contributed by atoms with Crippen molar-refractivity contribution in [2.45, 2.75) is 38.5 Å². The molecule has 0 unspecified atom stereocenters. The largest absolute Gasteiger partial charge is 0.252 e. The highest BCUT2D eigenvalue weighted by atomic mass is 19.2. The molecule has 2 nitrogen and oxygen atoms in total. The Morgan fingerprint density at radius 3 is 1.02 bits per heavy atom. The van der Waals surface area contributed by atoms with Crippen LogP contribution in [-0.4, -0.2) is 9.97 Å². The van der Waals surface area contributed by atoms with Crippen molar-refractivity contribution in [3.8, 4) is 44.8 Å². The van der Waals surface area contributed by atoms with Gasteiger partial charge in [0.2, 0.25) is 11.6 Å². The molecule has 2 aromatic heterocycles. The topological polar surface area (TPSA) is 25.8 Å². The summed E-state index contributed by atoms with van der Waals surface area (Å²) in [7, 11) is 0. The molecule has 0 saturated carbocycles. The predicted molar refractivity (Wildman–Crippen MR) is 174 cm³/mol. The first-order valence-corrected chi connectivity index (χ1v) is 15.7. The third kappa shape index (κ3) is 5.26. The summed E-state index contributed by atoms with van der Waals surface area (Å²) in [6.45, 7) is 6.82. The van der Waals surface area contributed by atoms with E-state index in [0.717, 1.165) is 0 Å². The van der Waals surface area contributed by atoms with Gasteiger partial charge in [0, 0.05) is 22.0 Å². The summed E-state index contributed by atoms with van der Waals surface area (Å²) in [6.07, 6.45) is 0. The molecule has 0 aliphatic carbocycles. The van der Waals surface area contributed by atoms with Gasteiger partial charge >= 0.3 is 0 Å². The fourth-order valence-electron chi connectivity index (χ4n) is 6.46. The van der Waals surface area contributed by atoms with Crippen LogP contribution in [0.3, 0.4) is 0 Å². The fraction of sp³-hybridized carbons (Fsp3) is 0.150. The second-order valence-electron chi connectivity index (χ2n) is 13.6. The lowest BCUT2D eigenvalue weighted by atomic mass is 9.75. The second kappa shape index (κ2) is 12.0. The number of rotatable bonds is 2. The molecule has 0 spiro atoms. The summed E-state index contributed by atoms with van der Waals surface area (Å²) in [6, 6.07) is 18.0. The van der Waals surface area contributed by atoms with Crippen molar-refractivity contribution >= 4 is 0 Å². The minimum Gasteiger partial charge on any atom is -0.252 e. The average molecular weight is 723 g/mol. The van der Waals surface area contributed by atoms with Crippen LogP contribution in [0.4, 0.5) is 43.9 Å². The van der Waals surface area contributed by atoms with Gasteiger partial charge < -0.3 is 0 Å². The van der Waals surface area contributed by atoms with Gasteiger partial charge in [0.15, 0.2) is 46.5 Å². The number of fused-ring (bicyclic) bond motifs is 10. The molecule has 0 atom stereocenters. The van der Waals surface area contributed by atoms with Crippen LogP contribution in [0, 0.1) is 58.2 Å². The quantitative estimate of drug-likeness (QED) is 0.101. The molecule has 1 aliphatic heterocycles. The van der Waals surface area contributed by atoms with E-state index in [1.165, 1.54) is 24.3 Å². The van der Waals surface area contributed by atoms with Crippen molar-refractivity contribution in [2.24, 2.45) is 0 Å². The lowest BCUT2D eigenvalue weighted by molar-refractivity contribution is 0.381. The monoisotopic (exact) mass is 722 g/mol. The zero-order chi connectivity index (χ0) is 37.6.